The van der Waals surface area contributed by atoms with E-state index in [0.29, 0.717) is 22.7 Å². The fraction of sp³-hybridized carbons (Fsp3) is 0.417. The number of hydrogen-bond donors (Lipinski definition) is 0. The molecule has 0 spiro atoms. The lowest BCUT2D eigenvalue weighted by Gasteiger charge is -2.15. The highest BCUT2D eigenvalue weighted by molar-refractivity contribution is 7.13. The first-order chi connectivity index (χ1) is 8.88. The zero-order chi connectivity index (χ0) is 14.0. The monoisotopic (exact) mass is 314 g/mol. The summed E-state index contributed by atoms with van der Waals surface area (Å²) in [4.78, 5) is 12.1. The summed E-state index contributed by atoms with van der Waals surface area (Å²) in [5.74, 6) is -0.415. The van der Waals surface area contributed by atoms with Crippen LogP contribution in [0.3, 0.4) is 0 Å². The summed E-state index contributed by atoms with van der Waals surface area (Å²) < 4.78 is 9.98. The molecule has 102 valence electrons. The van der Waals surface area contributed by atoms with E-state index in [1.165, 1.54) is 11.5 Å². The van der Waals surface area contributed by atoms with Gasteiger partial charge in [0.25, 0.3) is 0 Å². The largest absolute Gasteiger partial charge is 0.462 e. The first-order valence-corrected chi connectivity index (χ1v) is 10.8. The Morgan fingerprint density at radius 3 is 2.84 bits per heavy atom. The second-order valence-corrected chi connectivity index (χ2v) is 12.3. The molecule has 19 heavy (non-hydrogen) atoms. The van der Waals surface area contributed by atoms with Gasteiger partial charge in [-0.2, -0.15) is 0 Å². The lowest BCUT2D eigenvalue weighted by molar-refractivity contribution is 0.0527. The van der Waals surface area contributed by atoms with Gasteiger partial charge in [0.1, 0.15) is 11.1 Å². The van der Waals surface area contributed by atoms with E-state index in [1.54, 1.807) is 12.1 Å². The highest BCUT2D eigenvalue weighted by atomic mass is 35.5. The Bertz CT molecular complexity index is 609. The maximum atomic E-state index is 12.1. The molecule has 2 aromatic rings. The average Bonchev–Trinajstić information content (AvgIpc) is 2.74. The van der Waals surface area contributed by atoms with Gasteiger partial charge in [0, 0.05) is 8.07 Å². The SMILES string of the molecule is C[Si](C)(C)CCOC(=O)c1c(Cl)ccc2snnc12. The number of aromatic nitrogens is 2. The van der Waals surface area contributed by atoms with Gasteiger partial charge < -0.3 is 4.74 Å². The van der Waals surface area contributed by atoms with Crippen molar-refractivity contribution in [2.24, 2.45) is 0 Å². The zero-order valence-corrected chi connectivity index (χ0v) is 13.6. The molecule has 0 saturated heterocycles. The number of esters is 1. The van der Waals surface area contributed by atoms with E-state index in [4.69, 9.17) is 16.3 Å². The Hall–Kier alpha value is -0.983. The summed E-state index contributed by atoms with van der Waals surface area (Å²) in [5.41, 5.74) is 0.846. The van der Waals surface area contributed by atoms with Crippen LogP contribution in [-0.2, 0) is 4.74 Å². The van der Waals surface area contributed by atoms with Crippen LogP contribution in [-0.4, -0.2) is 30.2 Å². The molecular formula is C12H15ClN2O2SSi. The van der Waals surface area contributed by atoms with Crippen molar-refractivity contribution in [1.29, 1.82) is 0 Å². The number of hydrogen-bond acceptors (Lipinski definition) is 5. The van der Waals surface area contributed by atoms with Crippen LogP contribution in [0.2, 0.25) is 30.7 Å². The Kier molecular flexibility index (Phi) is 4.22. The summed E-state index contributed by atoms with van der Waals surface area (Å²) in [5, 5.41) is 4.31. The number of rotatable bonds is 4. The Balaban J connectivity index is 2.17. The van der Waals surface area contributed by atoms with Crippen molar-refractivity contribution < 1.29 is 9.53 Å². The van der Waals surface area contributed by atoms with Crippen LogP contribution in [0.15, 0.2) is 12.1 Å². The molecule has 0 amide bonds. The molecule has 0 unspecified atom stereocenters. The maximum absolute atomic E-state index is 12.1. The van der Waals surface area contributed by atoms with Gasteiger partial charge in [0.05, 0.1) is 16.3 Å². The van der Waals surface area contributed by atoms with Crippen LogP contribution in [0, 0.1) is 0 Å². The second-order valence-electron chi connectivity index (χ2n) is 5.49. The molecule has 2 rings (SSSR count). The average molecular weight is 315 g/mol. The standard InChI is InChI=1S/C12H15ClN2O2SSi/c1-19(2,3)7-6-17-12(16)10-8(13)4-5-9-11(10)14-15-18-9/h4-5H,6-7H2,1-3H3. The van der Waals surface area contributed by atoms with Gasteiger partial charge in [-0.1, -0.05) is 35.7 Å². The smallest absolute Gasteiger partial charge is 0.341 e. The molecule has 0 aliphatic rings. The minimum absolute atomic E-state index is 0.323. The summed E-state index contributed by atoms with van der Waals surface area (Å²) in [7, 11) is -1.22. The van der Waals surface area contributed by atoms with Crippen LogP contribution in [0.1, 0.15) is 10.4 Å². The number of benzene rings is 1. The number of halogens is 1. The lowest BCUT2D eigenvalue weighted by Crippen LogP contribution is -2.22. The van der Waals surface area contributed by atoms with Crippen molar-refractivity contribution in [3.63, 3.8) is 0 Å². The fourth-order valence-electron chi connectivity index (χ4n) is 1.54. The van der Waals surface area contributed by atoms with E-state index in [-0.39, 0.29) is 0 Å². The van der Waals surface area contributed by atoms with Gasteiger partial charge in [-0.3, -0.25) is 0 Å². The molecule has 1 aromatic heterocycles. The third-order valence-electron chi connectivity index (χ3n) is 2.66. The molecule has 0 aliphatic carbocycles. The number of ether oxygens (including phenoxy) is 1. The highest BCUT2D eigenvalue weighted by Crippen LogP contribution is 2.27. The Morgan fingerprint density at radius 2 is 2.16 bits per heavy atom. The van der Waals surface area contributed by atoms with Gasteiger partial charge in [0.15, 0.2) is 0 Å². The third kappa shape index (κ3) is 3.52. The van der Waals surface area contributed by atoms with Crippen LogP contribution < -0.4 is 0 Å². The predicted octanol–water partition coefficient (Wildman–Crippen LogP) is 3.84. The van der Waals surface area contributed by atoms with E-state index < -0.39 is 14.0 Å². The third-order valence-corrected chi connectivity index (χ3v) is 5.37. The van der Waals surface area contributed by atoms with Crippen LogP contribution in [0.4, 0.5) is 0 Å². The molecule has 4 nitrogen and oxygen atoms in total. The first-order valence-electron chi connectivity index (χ1n) is 5.96. The Labute approximate surface area is 121 Å². The Morgan fingerprint density at radius 1 is 1.42 bits per heavy atom. The maximum Gasteiger partial charge on any atom is 0.341 e. The highest BCUT2D eigenvalue weighted by Gasteiger charge is 2.20. The molecule has 0 bridgehead atoms. The molecule has 0 N–H and O–H groups in total. The van der Waals surface area contributed by atoms with Gasteiger partial charge in [0.2, 0.25) is 0 Å². The number of nitrogens with zero attached hydrogens (tertiary/aromatic N) is 2. The molecule has 0 radical (unpaired) electrons. The second kappa shape index (κ2) is 5.56. The number of carbonyl (C=O) groups excluding carboxylic acids is 1. The number of fused-ring (bicyclic) bond motifs is 1. The van der Waals surface area contributed by atoms with Crippen molar-refractivity contribution >= 4 is 47.4 Å². The fourth-order valence-corrected chi connectivity index (χ4v) is 3.05. The molecule has 7 heteroatoms. The first kappa shape index (κ1) is 14.4. The number of carbonyl (C=O) groups is 1. The summed E-state index contributed by atoms with van der Waals surface area (Å²) >= 11 is 7.30. The van der Waals surface area contributed by atoms with Crippen molar-refractivity contribution in [3.8, 4) is 0 Å². The predicted molar refractivity (Wildman–Crippen MR) is 80.9 cm³/mol. The summed E-state index contributed by atoms with van der Waals surface area (Å²) in [6, 6.07) is 4.42. The van der Waals surface area contributed by atoms with E-state index in [0.717, 1.165) is 10.7 Å². The molecule has 0 saturated carbocycles. The van der Waals surface area contributed by atoms with E-state index in [2.05, 4.69) is 29.2 Å². The van der Waals surface area contributed by atoms with Crippen molar-refractivity contribution in [2.75, 3.05) is 6.61 Å². The lowest BCUT2D eigenvalue weighted by atomic mass is 10.2. The molecular weight excluding hydrogens is 300 g/mol. The van der Waals surface area contributed by atoms with Crippen molar-refractivity contribution in [3.05, 3.63) is 22.7 Å². The normalized spacial score (nSPS) is 11.8. The minimum Gasteiger partial charge on any atom is -0.462 e. The van der Waals surface area contributed by atoms with Crippen LogP contribution in [0.25, 0.3) is 10.2 Å². The van der Waals surface area contributed by atoms with Gasteiger partial charge in [-0.05, 0) is 29.7 Å². The molecule has 0 aliphatic heterocycles. The van der Waals surface area contributed by atoms with Gasteiger partial charge in [-0.15, -0.1) is 5.10 Å². The minimum atomic E-state index is -1.22. The quantitative estimate of drug-likeness (QED) is 0.635. The topological polar surface area (TPSA) is 52.1 Å². The van der Waals surface area contributed by atoms with Crippen LogP contribution >= 0.6 is 23.1 Å². The van der Waals surface area contributed by atoms with E-state index >= 15 is 0 Å². The van der Waals surface area contributed by atoms with Crippen LogP contribution in [0.5, 0.6) is 0 Å². The van der Waals surface area contributed by atoms with E-state index in [9.17, 15) is 4.79 Å². The molecule has 0 fully saturated rings. The molecule has 1 aromatic carbocycles. The summed E-state index contributed by atoms with van der Waals surface area (Å²) in [6.07, 6.45) is 0. The molecule has 0 atom stereocenters. The van der Waals surface area contributed by atoms with Crippen molar-refractivity contribution in [1.82, 2.24) is 9.59 Å². The van der Waals surface area contributed by atoms with Gasteiger partial charge in [-0.25, -0.2) is 4.79 Å². The zero-order valence-electron chi connectivity index (χ0n) is 11.1. The van der Waals surface area contributed by atoms with E-state index in [1.807, 2.05) is 0 Å². The summed E-state index contributed by atoms with van der Waals surface area (Å²) in [6.45, 7) is 7.13. The van der Waals surface area contributed by atoms with Gasteiger partial charge >= 0.3 is 5.97 Å². The van der Waals surface area contributed by atoms with Crippen molar-refractivity contribution in [2.45, 2.75) is 25.7 Å². The molecule has 1 heterocycles.